The summed E-state index contributed by atoms with van der Waals surface area (Å²) < 4.78 is 1.73. The molecule has 0 aliphatic heterocycles. The highest BCUT2D eigenvalue weighted by molar-refractivity contribution is 6.35. The van der Waals surface area contributed by atoms with Crippen molar-refractivity contribution in [2.24, 2.45) is 0 Å². The van der Waals surface area contributed by atoms with Crippen LogP contribution in [0.4, 0.5) is 5.82 Å². The third kappa shape index (κ3) is 3.85. The lowest BCUT2D eigenvalue weighted by Gasteiger charge is -2.22. The molecule has 0 unspecified atom stereocenters. The summed E-state index contributed by atoms with van der Waals surface area (Å²) in [5, 5.41) is 6.26. The molecule has 0 fully saturated rings. The molecule has 6 heteroatoms. The first kappa shape index (κ1) is 21.2. The molecule has 2 heterocycles. The average molecular weight is 455 g/mol. The molecule has 3 aromatic carbocycles. The first-order chi connectivity index (χ1) is 16.1. The molecule has 0 spiro atoms. The Hall–Kier alpha value is -3.70. The average Bonchev–Trinajstić information content (AvgIpc) is 2.84. The van der Waals surface area contributed by atoms with E-state index in [4.69, 9.17) is 16.6 Å². The fraction of sp³-hybridized carbons (Fsp3) is 0.148. The normalized spacial score (nSPS) is 12.2. The predicted molar refractivity (Wildman–Crippen MR) is 136 cm³/mol. The standard InChI is InChI=1S/C27H23ClN4O/c1-3-24-30-22-15-8-7-13-20(22)26(31-24)29-17(2)23-16-18-10-9-14-21(28)25(18)27(33)32(23)19-11-5-4-6-12-19/h4-17H,3H2,1-2H3,(H,29,30,31)/t17-/m0/s1. The maximum atomic E-state index is 13.7. The van der Waals surface area contributed by atoms with Crippen LogP contribution in [0.1, 0.15) is 31.4 Å². The fourth-order valence-electron chi connectivity index (χ4n) is 4.17. The van der Waals surface area contributed by atoms with Crippen molar-refractivity contribution in [1.29, 1.82) is 0 Å². The lowest BCUT2D eigenvalue weighted by Crippen LogP contribution is -2.26. The first-order valence-electron chi connectivity index (χ1n) is 11.0. The zero-order valence-corrected chi connectivity index (χ0v) is 19.2. The van der Waals surface area contributed by atoms with Crippen LogP contribution in [0.2, 0.25) is 5.02 Å². The van der Waals surface area contributed by atoms with E-state index in [1.165, 1.54) is 0 Å². The Morgan fingerprint density at radius 1 is 0.970 bits per heavy atom. The zero-order valence-electron chi connectivity index (χ0n) is 18.4. The SMILES string of the molecule is CCc1nc(N[C@@H](C)c2cc3cccc(Cl)c3c(=O)n2-c2ccccc2)c2ccccc2n1. The van der Waals surface area contributed by atoms with Gasteiger partial charge in [-0.05, 0) is 48.7 Å². The van der Waals surface area contributed by atoms with Crippen molar-refractivity contribution in [3.8, 4) is 5.69 Å². The quantitative estimate of drug-likeness (QED) is 0.337. The first-order valence-corrected chi connectivity index (χ1v) is 11.4. The van der Waals surface area contributed by atoms with Gasteiger partial charge in [-0.2, -0.15) is 0 Å². The maximum Gasteiger partial charge on any atom is 0.264 e. The van der Waals surface area contributed by atoms with E-state index in [1.54, 1.807) is 10.6 Å². The maximum absolute atomic E-state index is 13.7. The van der Waals surface area contributed by atoms with Crippen molar-refractivity contribution in [3.05, 3.63) is 106 Å². The number of pyridine rings is 1. The van der Waals surface area contributed by atoms with Crippen LogP contribution >= 0.6 is 11.6 Å². The van der Waals surface area contributed by atoms with E-state index in [0.29, 0.717) is 10.4 Å². The van der Waals surface area contributed by atoms with Crippen LogP contribution in [0, 0.1) is 0 Å². The second-order valence-electron chi connectivity index (χ2n) is 7.97. The Morgan fingerprint density at radius 3 is 2.52 bits per heavy atom. The molecule has 1 N–H and O–H groups in total. The molecule has 0 saturated heterocycles. The lowest BCUT2D eigenvalue weighted by molar-refractivity contribution is 0.772. The summed E-state index contributed by atoms with van der Waals surface area (Å²) in [6.07, 6.45) is 0.733. The Labute approximate surface area is 196 Å². The minimum atomic E-state index is -0.218. The van der Waals surface area contributed by atoms with Crippen LogP contribution in [0.3, 0.4) is 0 Å². The van der Waals surface area contributed by atoms with Crippen LogP contribution in [0.5, 0.6) is 0 Å². The zero-order chi connectivity index (χ0) is 22.9. The van der Waals surface area contributed by atoms with E-state index in [0.717, 1.165) is 45.7 Å². The van der Waals surface area contributed by atoms with E-state index in [-0.39, 0.29) is 11.6 Å². The smallest absolute Gasteiger partial charge is 0.264 e. The third-order valence-electron chi connectivity index (χ3n) is 5.80. The molecule has 0 bridgehead atoms. The summed E-state index contributed by atoms with van der Waals surface area (Å²) in [4.78, 5) is 23.1. The number of para-hydroxylation sites is 2. The van der Waals surface area contributed by atoms with Gasteiger partial charge in [0.25, 0.3) is 5.56 Å². The van der Waals surface area contributed by atoms with Crippen molar-refractivity contribution in [3.63, 3.8) is 0 Å². The molecule has 5 nitrogen and oxygen atoms in total. The number of rotatable bonds is 5. The van der Waals surface area contributed by atoms with Gasteiger partial charge >= 0.3 is 0 Å². The monoisotopic (exact) mass is 454 g/mol. The highest BCUT2D eigenvalue weighted by Crippen LogP contribution is 2.29. The Kier molecular flexibility index (Phi) is 5.56. The second-order valence-corrected chi connectivity index (χ2v) is 8.38. The number of halogens is 1. The van der Waals surface area contributed by atoms with Crippen LogP contribution < -0.4 is 10.9 Å². The minimum Gasteiger partial charge on any atom is -0.361 e. The molecular weight excluding hydrogens is 432 g/mol. The van der Waals surface area contributed by atoms with E-state index in [1.807, 2.05) is 86.6 Å². The summed E-state index contributed by atoms with van der Waals surface area (Å²) >= 11 is 6.44. The van der Waals surface area contributed by atoms with Gasteiger partial charge in [-0.15, -0.1) is 0 Å². The number of benzene rings is 3. The number of nitrogens with zero attached hydrogens (tertiary/aromatic N) is 3. The molecule has 0 radical (unpaired) electrons. The number of hydrogen-bond donors (Lipinski definition) is 1. The van der Waals surface area contributed by atoms with Crippen molar-refractivity contribution in [2.75, 3.05) is 5.32 Å². The van der Waals surface area contributed by atoms with Crippen molar-refractivity contribution < 1.29 is 0 Å². The molecule has 0 saturated carbocycles. The van der Waals surface area contributed by atoms with Gasteiger partial charge in [-0.25, -0.2) is 9.97 Å². The predicted octanol–water partition coefficient (Wildman–Crippen LogP) is 6.32. The topological polar surface area (TPSA) is 59.8 Å². The number of fused-ring (bicyclic) bond motifs is 2. The van der Waals surface area contributed by atoms with Crippen LogP contribution in [-0.4, -0.2) is 14.5 Å². The molecule has 2 aromatic heterocycles. The van der Waals surface area contributed by atoms with Crippen LogP contribution in [-0.2, 0) is 6.42 Å². The molecular formula is C27H23ClN4O. The van der Waals surface area contributed by atoms with Crippen molar-refractivity contribution in [2.45, 2.75) is 26.3 Å². The van der Waals surface area contributed by atoms with E-state index >= 15 is 0 Å². The van der Waals surface area contributed by atoms with Gasteiger partial charge < -0.3 is 5.32 Å². The Bertz CT molecular complexity index is 1530. The van der Waals surface area contributed by atoms with Crippen LogP contribution in [0.25, 0.3) is 27.4 Å². The van der Waals surface area contributed by atoms with Gasteiger partial charge in [-0.3, -0.25) is 9.36 Å². The van der Waals surface area contributed by atoms with E-state index in [9.17, 15) is 4.79 Å². The fourth-order valence-corrected chi connectivity index (χ4v) is 4.44. The minimum absolute atomic E-state index is 0.144. The molecule has 1 atom stereocenters. The van der Waals surface area contributed by atoms with Crippen molar-refractivity contribution >= 4 is 39.1 Å². The summed E-state index contributed by atoms with van der Waals surface area (Å²) in [6, 6.07) is 24.9. The lowest BCUT2D eigenvalue weighted by atomic mass is 10.1. The molecule has 5 rings (SSSR count). The molecule has 0 amide bonds. The molecule has 0 aliphatic rings. The number of aromatic nitrogens is 3. The van der Waals surface area contributed by atoms with Gasteiger partial charge in [0.2, 0.25) is 0 Å². The summed E-state index contributed by atoms with van der Waals surface area (Å²) in [6.45, 7) is 4.07. The molecule has 33 heavy (non-hydrogen) atoms. The van der Waals surface area contributed by atoms with Crippen molar-refractivity contribution in [1.82, 2.24) is 14.5 Å². The Morgan fingerprint density at radius 2 is 1.73 bits per heavy atom. The number of hydrogen-bond acceptors (Lipinski definition) is 4. The summed E-state index contributed by atoms with van der Waals surface area (Å²) in [5.74, 6) is 1.53. The number of anilines is 1. The highest BCUT2D eigenvalue weighted by Gasteiger charge is 2.19. The van der Waals surface area contributed by atoms with Gasteiger partial charge in [0.1, 0.15) is 11.6 Å². The third-order valence-corrected chi connectivity index (χ3v) is 6.12. The number of nitrogens with one attached hydrogen (secondary N) is 1. The summed E-state index contributed by atoms with van der Waals surface area (Å²) in [5.41, 5.74) is 2.36. The molecule has 5 aromatic rings. The summed E-state index contributed by atoms with van der Waals surface area (Å²) in [7, 11) is 0. The van der Waals surface area contributed by atoms with Gasteiger partial charge in [-0.1, -0.05) is 61.0 Å². The molecule has 164 valence electrons. The highest BCUT2D eigenvalue weighted by atomic mass is 35.5. The second kappa shape index (κ2) is 8.68. The largest absolute Gasteiger partial charge is 0.361 e. The number of aryl methyl sites for hydroxylation is 1. The van der Waals surface area contributed by atoms with Gasteiger partial charge in [0.15, 0.2) is 0 Å². The van der Waals surface area contributed by atoms with E-state index in [2.05, 4.69) is 10.3 Å². The Balaban J connectivity index is 1.71. The molecule has 0 aliphatic carbocycles. The van der Waals surface area contributed by atoms with Crippen LogP contribution in [0.15, 0.2) is 83.7 Å². The van der Waals surface area contributed by atoms with Gasteiger partial charge in [0, 0.05) is 23.2 Å². The van der Waals surface area contributed by atoms with E-state index < -0.39 is 0 Å². The van der Waals surface area contributed by atoms with Gasteiger partial charge in [0.05, 0.1) is 22.0 Å².